The molecule has 0 heterocycles. The van der Waals surface area contributed by atoms with Crippen LogP contribution < -0.4 is 5.32 Å². The standard InChI is InChI=1S/C16H31NO3/c1-3-5-6-13-7-9-14(10-8-13)15(20)17-16(4-2,11-18)12-19/h13-14,18-19H,3-12H2,1-2H3,(H,17,20). The minimum absolute atomic E-state index is 0.00360. The normalized spacial score (nSPS) is 23.6. The molecule has 20 heavy (non-hydrogen) atoms. The molecule has 4 heteroatoms. The van der Waals surface area contributed by atoms with Crippen molar-refractivity contribution in [1.82, 2.24) is 5.32 Å². The molecule has 0 spiro atoms. The quantitative estimate of drug-likeness (QED) is 0.640. The summed E-state index contributed by atoms with van der Waals surface area (Å²) in [5, 5.41) is 21.6. The van der Waals surface area contributed by atoms with Crippen molar-refractivity contribution in [3.05, 3.63) is 0 Å². The van der Waals surface area contributed by atoms with Crippen LogP contribution in [0.3, 0.4) is 0 Å². The monoisotopic (exact) mass is 285 g/mol. The second-order valence-electron chi connectivity index (χ2n) is 6.30. The first-order valence-electron chi connectivity index (χ1n) is 8.14. The van der Waals surface area contributed by atoms with Gasteiger partial charge in [0.1, 0.15) is 0 Å². The summed E-state index contributed by atoms with van der Waals surface area (Å²) in [5.74, 6) is 0.839. The summed E-state index contributed by atoms with van der Waals surface area (Å²) < 4.78 is 0. The molecular formula is C16H31NO3. The zero-order valence-electron chi connectivity index (χ0n) is 13.0. The summed E-state index contributed by atoms with van der Waals surface area (Å²) in [6, 6.07) is 0. The number of hydrogen-bond donors (Lipinski definition) is 3. The van der Waals surface area contributed by atoms with Crippen molar-refractivity contribution in [2.24, 2.45) is 11.8 Å². The molecule has 0 aliphatic heterocycles. The molecule has 0 radical (unpaired) electrons. The molecule has 1 amide bonds. The molecule has 1 aliphatic rings. The molecule has 1 saturated carbocycles. The van der Waals surface area contributed by atoms with Gasteiger partial charge in [0.15, 0.2) is 0 Å². The summed E-state index contributed by atoms with van der Waals surface area (Å²) in [4.78, 5) is 12.3. The van der Waals surface area contributed by atoms with Crippen LogP contribution in [0.2, 0.25) is 0 Å². The highest BCUT2D eigenvalue weighted by molar-refractivity contribution is 5.79. The average Bonchev–Trinajstić information content (AvgIpc) is 2.51. The number of aliphatic hydroxyl groups is 2. The van der Waals surface area contributed by atoms with Gasteiger partial charge in [-0.1, -0.05) is 33.1 Å². The van der Waals surface area contributed by atoms with Crippen molar-refractivity contribution in [2.45, 2.75) is 70.8 Å². The van der Waals surface area contributed by atoms with Gasteiger partial charge < -0.3 is 15.5 Å². The SMILES string of the molecule is CCCCC1CCC(C(=O)NC(CC)(CO)CO)CC1. The van der Waals surface area contributed by atoms with E-state index in [4.69, 9.17) is 0 Å². The van der Waals surface area contributed by atoms with Crippen LogP contribution in [-0.2, 0) is 4.79 Å². The van der Waals surface area contributed by atoms with Crippen molar-refractivity contribution in [2.75, 3.05) is 13.2 Å². The third kappa shape index (κ3) is 4.74. The van der Waals surface area contributed by atoms with Gasteiger partial charge in [-0.3, -0.25) is 4.79 Å². The number of carbonyl (C=O) groups excluding carboxylic acids is 1. The zero-order chi connectivity index (χ0) is 15.0. The molecule has 0 saturated heterocycles. The molecule has 4 nitrogen and oxygen atoms in total. The Morgan fingerprint density at radius 3 is 2.20 bits per heavy atom. The van der Waals surface area contributed by atoms with E-state index in [-0.39, 0.29) is 25.0 Å². The molecule has 0 aromatic carbocycles. The number of unbranched alkanes of at least 4 members (excludes halogenated alkanes) is 1. The van der Waals surface area contributed by atoms with Crippen LogP contribution >= 0.6 is 0 Å². The Morgan fingerprint density at radius 1 is 1.15 bits per heavy atom. The fourth-order valence-corrected chi connectivity index (χ4v) is 3.01. The summed E-state index contributed by atoms with van der Waals surface area (Å²) in [5.41, 5.74) is -0.851. The van der Waals surface area contributed by atoms with Gasteiger partial charge in [0, 0.05) is 5.92 Å². The van der Waals surface area contributed by atoms with Crippen LogP contribution in [0.25, 0.3) is 0 Å². The molecule has 3 N–H and O–H groups in total. The second kappa shape index (κ2) is 8.63. The lowest BCUT2D eigenvalue weighted by molar-refractivity contribution is -0.129. The number of nitrogens with one attached hydrogen (secondary N) is 1. The zero-order valence-corrected chi connectivity index (χ0v) is 13.0. The van der Waals surface area contributed by atoms with E-state index in [9.17, 15) is 15.0 Å². The van der Waals surface area contributed by atoms with Gasteiger partial charge in [0.2, 0.25) is 5.91 Å². The Hall–Kier alpha value is -0.610. The van der Waals surface area contributed by atoms with E-state index >= 15 is 0 Å². The van der Waals surface area contributed by atoms with Gasteiger partial charge >= 0.3 is 0 Å². The van der Waals surface area contributed by atoms with Gasteiger partial charge in [-0.15, -0.1) is 0 Å². The summed E-state index contributed by atoms with van der Waals surface area (Å²) in [6.45, 7) is 3.66. The Morgan fingerprint density at radius 2 is 1.75 bits per heavy atom. The topological polar surface area (TPSA) is 69.6 Å². The van der Waals surface area contributed by atoms with Crippen LogP contribution in [-0.4, -0.2) is 34.9 Å². The number of hydrogen-bond acceptors (Lipinski definition) is 3. The third-order valence-electron chi connectivity index (χ3n) is 4.85. The fraction of sp³-hybridized carbons (Fsp3) is 0.938. The first-order valence-corrected chi connectivity index (χ1v) is 8.14. The maximum Gasteiger partial charge on any atom is 0.223 e. The molecule has 1 rings (SSSR count). The van der Waals surface area contributed by atoms with E-state index < -0.39 is 5.54 Å². The molecule has 0 unspecified atom stereocenters. The van der Waals surface area contributed by atoms with Crippen LogP contribution in [0, 0.1) is 11.8 Å². The number of rotatable bonds is 8. The van der Waals surface area contributed by atoms with Gasteiger partial charge in [0.05, 0.1) is 18.8 Å². The maximum atomic E-state index is 12.3. The van der Waals surface area contributed by atoms with Crippen molar-refractivity contribution in [1.29, 1.82) is 0 Å². The largest absolute Gasteiger partial charge is 0.394 e. The lowest BCUT2D eigenvalue weighted by atomic mass is 9.79. The molecule has 0 aromatic heterocycles. The molecule has 0 atom stereocenters. The van der Waals surface area contributed by atoms with E-state index in [1.807, 2.05) is 6.92 Å². The van der Waals surface area contributed by atoms with Crippen molar-refractivity contribution < 1.29 is 15.0 Å². The number of amides is 1. The summed E-state index contributed by atoms with van der Waals surface area (Å²) in [7, 11) is 0. The first-order chi connectivity index (χ1) is 9.60. The van der Waals surface area contributed by atoms with Crippen molar-refractivity contribution in [3.63, 3.8) is 0 Å². The van der Waals surface area contributed by atoms with Gasteiger partial charge in [-0.05, 0) is 38.0 Å². The highest BCUT2D eigenvalue weighted by Crippen LogP contribution is 2.32. The predicted molar refractivity (Wildman–Crippen MR) is 80.3 cm³/mol. The van der Waals surface area contributed by atoms with E-state index in [0.29, 0.717) is 6.42 Å². The summed E-state index contributed by atoms with van der Waals surface area (Å²) >= 11 is 0. The van der Waals surface area contributed by atoms with Crippen LogP contribution in [0.15, 0.2) is 0 Å². The van der Waals surface area contributed by atoms with Crippen LogP contribution in [0.4, 0.5) is 0 Å². The Bertz CT molecular complexity index is 273. The third-order valence-corrected chi connectivity index (χ3v) is 4.85. The van der Waals surface area contributed by atoms with E-state index in [0.717, 1.165) is 31.6 Å². The smallest absolute Gasteiger partial charge is 0.223 e. The molecular weight excluding hydrogens is 254 g/mol. The maximum absolute atomic E-state index is 12.3. The van der Waals surface area contributed by atoms with E-state index in [1.54, 1.807) is 0 Å². The molecule has 118 valence electrons. The Kier molecular flexibility index (Phi) is 7.52. The number of aliphatic hydroxyl groups excluding tert-OH is 2. The van der Waals surface area contributed by atoms with Gasteiger partial charge in [0.25, 0.3) is 0 Å². The number of carbonyl (C=O) groups is 1. The predicted octanol–water partition coefficient (Wildman–Crippen LogP) is 2.23. The van der Waals surface area contributed by atoms with Crippen molar-refractivity contribution >= 4 is 5.91 Å². The summed E-state index contributed by atoms with van der Waals surface area (Å²) in [6.07, 6.45) is 8.51. The average molecular weight is 285 g/mol. The minimum Gasteiger partial charge on any atom is -0.394 e. The molecule has 0 aromatic rings. The van der Waals surface area contributed by atoms with Gasteiger partial charge in [-0.2, -0.15) is 0 Å². The first kappa shape index (κ1) is 17.4. The highest BCUT2D eigenvalue weighted by atomic mass is 16.3. The van der Waals surface area contributed by atoms with Crippen molar-refractivity contribution in [3.8, 4) is 0 Å². The van der Waals surface area contributed by atoms with E-state index in [2.05, 4.69) is 12.2 Å². The molecule has 0 bridgehead atoms. The lowest BCUT2D eigenvalue weighted by Gasteiger charge is -2.34. The lowest BCUT2D eigenvalue weighted by Crippen LogP contribution is -2.55. The van der Waals surface area contributed by atoms with Gasteiger partial charge in [-0.25, -0.2) is 0 Å². The Balaban J connectivity index is 2.42. The second-order valence-corrected chi connectivity index (χ2v) is 6.30. The van der Waals surface area contributed by atoms with Crippen LogP contribution in [0.1, 0.15) is 65.2 Å². The van der Waals surface area contributed by atoms with E-state index in [1.165, 1.54) is 19.3 Å². The highest BCUT2D eigenvalue weighted by Gasteiger charge is 2.33. The Labute approximate surface area is 123 Å². The molecule has 1 aliphatic carbocycles. The molecule has 1 fully saturated rings. The van der Waals surface area contributed by atoms with Crippen LogP contribution in [0.5, 0.6) is 0 Å². The minimum atomic E-state index is -0.851. The fourth-order valence-electron chi connectivity index (χ4n) is 3.01.